The number of aryl methyl sites for hydroxylation is 1. The van der Waals surface area contributed by atoms with Gasteiger partial charge in [0.25, 0.3) is 5.91 Å². The molecule has 1 aromatic heterocycles. The van der Waals surface area contributed by atoms with Crippen LogP contribution in [0.4, 0.5) is 11.5 Å². The fourth-order valence-electron chi connectivity index (χ4n) is 4.09. The summed E-state index contributed by atoms with van der Waals surface area (Å²) in [5, 5.41) is 0. The Hall–Kier alpha value is -3.42. The number of benzene rings is 1. The van der Waals surface area contributed by atoms with Crippen molar-refractivity contribution in [2.75, 3.05) is 49.1 Å². The van der Waals surface area contributed by atoms with Gasteiger partial charge in [-0.3, -0.25) is 14.4 Å². The number of amides is 2. The van der Waals surface area contributed by atoms with Crippen LogP contribution in [-0.2, 0) is 25.5 Å². The van der Waals surface area contributed by atoms with Gasteiger partial charge in [0.15, 0.2) is 6.61 Å². The Morgan fingerprint density at radius 3 is 2.47 bits per heavy atom. The number of aromatic nitrogens is 1. The van der Waals surface area contributed by atoms with Crippen molar-refractivity contribution >= 4 is 29.3 Å². The highest BCUT2D eigenvalue weighted by Gasteiger charge is 2.36. The van der Waals surface area contributed by atoms with E-state index in [0.717, 1.165) is 17.9 Å². The lowest BCUT2D eigenvalue weighted by Gasteiger charge is -2.35. The van der Waals surface area contributed by atoms with Gasteiger partial charge in [0.2, 0.25) is 5.91 Å². The molecule has 8 nitrogen and oxygen atoms in total. The molecule has 2 fully saturated rings. The van der Waals surface area contributed by atoms with Gasteiger partial charge in [0.1, 0.15) is 5.82 Å². The number of esters is 1. The minimum atomic E-state index is -0.554. The largest absolute Gasteiger partial charge is 0.455 e. The van der Waals surface area contributed by atoms with Crippen LogP contribution >= 0.6 is 0 Å². The molecular weight excluding hydrogens is 408 g/mol. The number of carbonyl (C=O) groups excluding carboxylic acids is 3. The van der Waals surface area contributed by atoms with Gasteiger partial charge in [-0.05, 0) is 36.2 Å². The maximum Gasteiger partial charge on any atom is 0.311 e. The van der Waals surface area contributed by atoms with Crippen molar-refractivity contribution in [3.63, 3.8) is 0 Å². The fourth-order valence-corrected chi connectivity index (χ4v) is 4.09. The van der Waals surface area contributed by atoms with Crippen molar-refractivity contribution < 1.29 is 19.1 Å². The lowest BCUT2D eigenvalue weighted by Crippen LogP contribution is -2.50. The maximum absolute atomic E-state index is 12.5. The van der Waals surface area contributed by atoms with Crippen LogP contribution in [0.5, 0.6) is 0 Å². The maximum atomic E-state index is 12.5. The Balaban J connectivity index is 1.24. The molecule has 0 saturated carbocycles. The molecule has 0 spiro atoms. The summed E-state index contributed by atoms with van der Waals surface area (Å²) >= 11 is 0. The summed E-state index contributed by atoms with van der Waals surface area (Å²) in [6.07, 6.45) is 2.78. The molecule has 2 aliphatic rings. The van der Waals surface area contributed by atoms with E-state index in [9.17, 15) is 14.4 Å². The molecule has 0 aliphatic carbocycles. The van der Waals surface area contributed by atoms with Crippen LogP contribution in [0.25, 0.3) is 0 Å². The smallest absolute Gasteiger partial charge is 0.311 e. The van der Waals surface area contributed by atoms with Gasteiger partial charge in [-0.15, -0.1) is 0 Å². The monoisotopic (exact) mass is 436 g/mol. The Bertz CT molecular complexity index is 956. The van der Waals surface area contributed by atoms with Gasteiger partial charge >= 0.3 is 5.97 Å². The molecule has 2 saturated heterocycles. The molecule has 0 N–H and O–H groups in total. The van der Waals surface area contributed by atoms with E-state index in [4.69, 9.17) is 4.74 Å². The molecule has 0 radical (unpaired) electrons. The molecule has 168 valence electrons. The molecule has 4 rings (SSSR count). The van der Waals surface area contributed by atoms with Crippen LogP contribution in [-0.4, -0.2) is 67.0 Å². The van der Waals surface area contributed by atoms with Crippen LogP contribution in [0.3, 0.4) is 0 Å². The first-order valence-corrected chi connectivity index (χ1v) is 11.0. The first kappa shape index (κ1) is 21.8. The van der Waals surface area contributed by atoms with Crippen LogP contribution in [0.15, 0.2) is 48.7 Å². The highest BCUT2D eigenvalue weighted by molar-refractivity contribution is 5.99. The molecule has 32 heavy (non-hydrogen) atoms. The van der Waals surface area contributed by atoms with E-state index >= 15 is 0 Å². The van der Waals surface area contributed by atoms with Crippen LogP contribution in [0.2, 0.25) is 0 Å². The Kier molecular flexibility index (Phi) is 6.68. The third kappa shape index (κ3) is 4.90. The summed E-state index contributed by atoms with van der Waals surface area (Å²) < 4.78 is 5.29. The van der Waals surface area contributed by atoms with Crippen molar-refractivity contribution in [1.82, 2.24) is 9.88 Å². The summed E-state index contributed by atoms with van der Waals surface area (Å²) in [7, 11) is 0. The predicted octanol–water partition coefficient (Wildman–Crippen LogP) is 1.89. The number of rotatable bonds is 6. The number of anilines is 2. The van der Waals surface area contributed by atoms with Crippen LogP contribution in [0, 0.1) is 5.92 Å². The molecule has 2 aromatic rings. The normalized spacial score (nSPS) is 18.7. The second-order valence-electron chi connectivity index (χ2n) is 8.09. The zero-order valence-electron chi connectivity index (χ0n) is 18.3. The van der Waals surface area contributed by atoms with Gasteiger partial charge in [0, 0.05) is 51.0 Å². The average molecular weight is 437 g/mol. The third-order valence-electron chi connectivity index (χ3n) is 6.06. The van der Waals surface area contributed by atoms with Gasteiger partial charge in [-0.25, -0.2) is 4.98 Å². The molecule has 0 bridgehead atoms. The number of piperazine rings is 1. The molecule has 3 heterocycles. The molecule has 1 aromatic carbocycles. The Labute approximate surface area is 187 Å². The number of nitrogens with zero attached hydrogens (tertiary/aromatic N) is 4. The zero-order valence-corrected chi connectivity index (χ0v) is 18.3. The summed E-state index contributed by atoms with van der Waals surface area (Å²) in [5.74, 6) is -0.469. The van der Waals surface area contributed by atoms with E-state index < -0.39 is 11.9 Å². The molecular formula is C24H28N4O4. The lowest BCUT2D eigenvalue weighted by molar-refractivity contribution is -0.155. The number of ether oxygens (including phenoxy) is 1. The highest BCUT2D eigenvalue weighted by atomic mass is 16.5. The minimum Gasteiger partial charge on any atom is -0.455 e. The van der Waals surface area contributed by atoms with E-state index in [1.54, 1.807) is 16.0 Å². The number of hydrogen-bond acceptors (Lipinski definition) is 6. The van der Waals surface area contributed by atoms with Crippen LogP contribution in [0.1, 0.15) is 18.9 Å². The molecule has 1 atom stereocenters. The van der Waals surface area contributed by atoms with Crippen molar-refractivity contribution in [2.45, 2.75) is 19.8 Å². The standard InChI is InChI=1S/C24H28N4O4/c1-2-18-6-8-20(9-7-18)28-16-19(15-22(28)29)24(31)32-17-23(30)27-13-11-26(12-14-27)21-5-3-4-10-25-21/h3-10,19H,2,11-17H2,1H3. The Morgan fingerprint density at radius 2 is 1.81 bits per heavy atom. The number of pyridine rings is 1. The molecule has 2 aliphatic heterocycles. The van der Waals surface area contributed by atoms with E-state index in [2.05, 4.69) is 16.8 Å². The summed E-state index contributed by atoms with van der Waals surface area (Å²) in [6.45, 7) is 4.52. The topological polar surface area (TPSA) is 83.1 Å². The van der Waals surface area contributed by atoms with Gasteiger partial charge in [-0.2, -0.15) is 0 Å². The highest BCUT2D eigenvalue weighted by Crippen LogP contribution is 2.26. The van der Waals surface area contributed by atoms with E-state index in [-0.39, 0.29) is 31.4 Å². The average Bonchev–Trinajstić information content (AvgIpc) is 3.24. The Morgan fingerprint density at radius 1 is 1.06 bits per heavy atom. The van der Waals surface area contributed by atoms with Crippen molar-refractivity contribution in [2.24, 2.45) is 5.92 Å². The predicted molar refractivity (Wildman–Crippen MR) is 120 cm³/mol. The third-order valence-corrected chi connectivity index (χ3v) is 6.06. The summed E-state index contributed by atoms with van der Waals surface area (Å²) in [6, 6.07) is 13.5. The van der Waals surface area contributed by atoms with Gasteiger partial charge < -0.3 is 19.4 Å². The quantitative estimate of drug-likeness (QED) is 0.643. The molecule has 2 amide bonds. The van der Waals surface area contributed by atoms with Gasteiger partial charge in [-0.1, -0.05) is 25.1 Å². The SMILES string of the molecule is CCc1ccc(N2CC(C(=O)OCC(=O)N3CCN(c4ccccn4)CC3)CC2=O)cc1. The van der Waals surface area contributed by atoms with E-state index in [1.165, 1.54) is 5.56 Å². The lowest BCUT2D eigenvalue weighted by atomic mass is 10.1. The van der Waals surface area contributed by atoms with Crippen molar-refractivity contribution in [1.29, 1.82) is 0 Å². The zero-order chi connectivity index (χ0) is 22.5. The van der Waals surface area contributed by atoms with E-state index in [1.807, 2.05) is 42.5 Å². The van der Waals surface area contributed by atoms with Crippen molar-refractivity contribution in [3.8, 4) is 0 Å². The number of carbonyl (C=O) groups is 3. The number of hydrogen-bond donors (Lipinski definition) is 0. The van der Waals surface area contributed by atoms with Gasteiger partial charge in [0.05, 0.1) is 5.92 Å². The fraction of sp³-hybridized carbons (Fsp3) is 0.417. The molecule has 1 unspecified atom stereocenters. The second-order valence-corrected chi connectivity index (χ2v) is 8.09. The van der Waals surface area contributed by atoms with E-state index in [0.29, 0.717) is 26.2 Å². The first-order valence-electron chi connectivity index (χ1n) is 11.0. The van der Waals surface area contributed by atoms with Crippen LogP contribution < -0.4 is 9.80 Å². The van der Waals surface area contributed by atoms with Crippen molar-refractivity contribution in [3.05, 3.63) is 54.2 Å². The first-order chi connectivity index (χ1) is 15.5. The molecule has 8 heteroatoms. The minimum absolute atomic E-state index is 0.102. The second kappa shape index (κ2) is 9.80. The summed E-state index contributed by atoms with van der Waals surface area (Å²) in [5.41, 5.74) is 1.97. The summed E-state index contributed by atoms with van der Waals surface area (Å²) in [4.78, 5) is 47.2.